The molecule has 2 N–H and O–H groups in total. The molecule has 0 unspecified atom stereocenters. The van der Waals surface area contributed by atoms with Crippen LogP contribution < -0.4 is 5.73 Å². The summed E-state index contributed by atoms with van der Waals surface area (Å²) in [6, 6.07) is 0. The number of primary amides is 1. The number of piperazine rings is 1. The Morgan fingerprint density at radius 1 is 1.09 bits per heavy atom. The summed E-state index contributed by atoms with van der Waals surface area (Å²) in [6.07, 6.45) is 1.35. The largest absolute Gasteiger partial charge is 0.369 e. The summed E-state index contributed by atoms with van der Waals surface area (Å²) < 4.78 is 0.813. The maximum absolute atomic E-state index is 12.2. The standard InChI is InChI=1S/C14H24N4O2S2/c1-16-6-8-18(9-7-16)14(21)22-10-12(19)17-4-2-11(3-5-17)13(15)20/h11H,2-10H2,1H3,(H2,15,20). The number of amides is 2. The van der Waals surface area contributed by atoms with Crippen molar-refractivity contribution in [2.75, 3.05) is 52.1 Å². The summed E-state index contributed by atoms with van der Waals surface area (Å²) >= 11 is 6.87. The third-order valence-corrected chi connectivity index (χ3v) is 5.84. The predicted octanol–water partition coefficient (Wildman–Crippen LogP) is -0.0242. The van der Waals surface area contributed by atoms with Gasteiger partial charge in [0.1, 0.15) is 4.32 Å². The van der Waals surface area contributed by atoms with Gasteiger partial charge in [0, 0.05) is 45.2 Å². The van der Waals surface area contributed by atoms with E-state index in [9.17, 15) is 9.59 Å². The van der Waals surface area contributed by atoms with E-state index in [1.165, 1.54) is 11.8 Å². The topological polar surface area (TPSA) is 69.9 Å². The summed E-state index contributed by atoms with van der Waals surface area (Å²) in [4.78, 5) is 29.6. The van der Waals surface area contributed by atoms with Crippen molar-refractivity contribution in [3.05, 3.63) is 0 Å². The first kappa shape index (κ1) is 17.5. The molecule has 22 heavy (non-hydrogen) atoms. The fraction of sp³-hybridized carbons (Fsp3) is 0.786. The smallest absolute Gasteiger partial charge is 0.233 e. The molecular formula is C14H24N4O2S2. The van der Waals surface area contributed by atoms with Crippen molar-refractivity contribution in [1.29, 1.82) is 0 Å². The lowest BCUT2D eigenvalue weighted by Gasteiger charge is -2.34. The van der Waals surface area contributed by atoms with E-state index in [-0.39, 0.29) is 17.7 Å². The van der Waals surface area contributed by atoms with Crippen molar-refractivity contribution in [3.8, 4) is 0 Å². The van der Waals surface area contributed by atoms with E-state index < -0.39 is 0 Å². The normalized spacial score (nSPS) is 21.0. The number of rotatable bonds is 3. The SMILES string of the molecule is CN1CCN(C(=S)SCC(=O)N2CCC(C(N)=O)CC2)CC1. The maximum Gasteiger partial charge on any atom is 0.233 e. The molecule has 0 radical (unpaired) electrons. The number of carbonyl (C=O) groups excluding carboxylic acids is 2. The van der Waals surface area contributed by atoms with Gasteiger partial charge in [-0.2, -0.15) is 0 Å². The number of likely N-dealkylation sites (N-methyl/N-ethyl adjacent to an activating group) is 1. The lowest BCUT2D eigenvalue weighted by Crippen LogP contribution is -2.46. The quantitative estimate of drug-likeness (QED) is 0.726. The van der Waals surface area contributed by atoms with Crippen LogP contribution in [0.1, 0.15) is 12.8 Å². The molecule has 0 aliphatic carbocycles. The number of thiocarbonyl (C=S) groups is 1. The van der Waals surface area contributed by atoms with Crippen LogP contribution >= 0.6 is 24.0 Å². The Morgan fingerprint density at radius 2 is 1.68 bits per heavy atom. The minimum atomic E-state index is -0.252. The zero-order valence-electron chi connectivity index (χ0n) is 13.0. The second kappa shape index (κ2) is 8.12. The van der Waals surface area contributed by atoms with Crippen LogP contribution in [-0.4, -0.2) is 82.9 Å². The minimum Gasteiger partial charge on any atom is -0.369 e. The summed E-state index contributed by atoms with van der Waals surface area (Å²) in [6.45, 7) is 5.12. The van der Waals surface area contributed by atoms with E-state index in [0.29, 0.717) is 31.7 Å². The van der Waals surface area contributed by atoms with Crippen molar-refractivity contribution < 1.29 is 9.59 Å². The van der Waals surface area contributed by atoms with Gasteiger partial charge in [0.05, 0.1) is 5.75 Å². The maximum atomic E-state index is 12.2. The van der Waals surface area contributed by atoms with E-state index >= 15 is 0 Å². The van der Waals surface area contributed by atoms with E-state index in [2.05, 4.69) is 16.8 Å². The first-order valence-electron chi connectivity index (χ1n) is 7.64. The molecule has 0 bridgehead atoms. The minimum absolute atomic E-state index is 0.0804. The third kappa shape index (κ3) is 4.82. The number of carbonyl (C=O) groups is 2. The lowest BCUT2D eigenvalue weighted by atomic mass is 9.96. The average Bonchev–Trinajstić information content (AvgIpc) is 2.53. The van der Waals surface area contributed by atoms with E-state index in [1.54, 1.807) is 0 Å². The highest BCUT2D eigenvalue weighted by molar-refractivity contribution is 8.23. The summed E-state index contributed by atoms with van der Waals surface area (Å²) in [7, 11) is 2.10. The van der Waals surface area contributed by atoms with Crippen LogP contribution in [0.15, 0.2) is 0 Å². The number of nitrogens with two attached hydrogens (primary N) is 1. The molecule has 2 aliphatic rings. The summed E-state index contributed by atoms with van der Waals surface area (Å²) in [5.74, 6) is 0.150. The van der Waals surface area contributed by atoms with Gasteiger partial charge in [-0.15, -0.1) is 0 Å². The van der Waals surface area contributed by atoms with Crippen LogP contribution in [0.25, 0.3) is 0 Å². The molecule has 8 heteroatoms. The van der Waals surface area contributed by atoms with Crippen LogP contribution in [0.3, 0.4) is 0 Å². The second-order valence-electron chi connectivity index (χ2n) is 5.90. The van der Waals surface area contributed by atoms with Gasteiger partial charge in [0.25, 0.3) is 0 Å². The first-order chi connectivity index (χ1) is 10.5. The molecule has 2 fully saturated rings. The van der Waals surface area contributed by atoms with E-state index in [1.807, 2.05) is 4.90 Å². The molecule has 0 atom stereocenters. The molecule has 2 aliphatic heterocycles. The molecule has 0 saturated carbocycles. The summed E-state index contributed by atoms with van der Waals surface area (Å²) in [5, 5.41) is 0. The Balaban J connectivity index is 1.69. The van der Waals surface area contributed by atoms with Crippen molar-refractivity contribution in [2.45, 2.75) is 12.8 Å². The average molecular weight is 345 g/mol. The predicted molar refractivity (Wildman–Crippen MR) is 92.6 cm³/mol. The van der Waals surface area contributed by atoms with E-state index in [0.717, 1.165) is 30.5 Å². The zero-order valence-corrected chi connectivity index (χ0v) is 14.6. The Bertz CT molecular complexity index is 431. The highest BCUT2D eigenvalue weighted by Gasteiger charge is 2.26. The van der Waals surface area contributed by atoms with Gasteiger partial charge in [-0.25, -0.2) is 0 Å². The van der Waals surface area contributed by atoms with Gasteiger partial charge >= 0.3 is 0 Å². The second-order valence-corrected chi connectivity index (χ2v) is 7.51. The lowest BCUT2D eigenvalue weighted by molar-refractivity contribution is -0.132. The number of nitrogens with zero attached hydrogens (tertiary/aromatic N) is 3. The van der Waals surface area contributed by atoms with Gasteiger partial charge < -0.3 is 20.4 Å². The Morgan fingerprint density at radius 3 is 2.23 bits per heavy atom. The Hall–Kier alpha value is -0.860. The van der Waals surface area contributed by atoms with Crippen molar-refractivity contribution in [1.82, 2.24) is 14.7 Å². The van der Waals surface area contributed by atoms with Crippen molar-refractivity contribution in [2.24, 2.45) is 11.7 Å². The highest BCUT2D eigenvalue weighted by Crippen LogP contribution is 2.19. The van der Waals surface area contributed by atoms with Crippen LogP contribution in [0, 0.1) is 5.92 Å². The zero-order chi connectivity index (χ0) is 16.1. The number of hydrogen-bond donors (Lipinski definition) is 1. The first-order valence-corrected chi connectivity index (χ1v) is 9.04. The molecule has 2 heterocycles. The van der Waals surface area contributed by atoms with Crippen LogP contribution in [-0.2, 0) is 9.59 Å². The molecule has 0 aromatic rings. The van der Waals surface area contributed by atoms with Gasteiger partial charge in [0.2, 0.25) is 11.8 Å². The van der Waals surface area contributed by atoms with E-state index in [4.69, 9.17) is 18.0 Å². The Labute approximate surface area is 141 Å². The van der Waals surface area contributed by atoms with Gasteiger partial charge in [-0.05, 0) is 19.9 Å². The number of hydrogen-bond acceptors (Lipinski definition) is 5. The molecular weight excluding hydrogens is 320 g/mol. The molecule has 2 amide bonds. The number of likely N-dealkylation sites (tertiary alicyclic amines) is 1. The van der Waals surface area contributed by atoms with Gasteiger partial charge in [-0.3, -0.25) is 9.59 Å². The highest BCUT2D eigenvalue weighted by atomic mass is 32.2. The van der Waals surface area contributed by atoms with Crippen LogP contribution in [0.2, 0.25) is 0 Å². The molecule has 124 valence electrons. The molecule has 6 nitrogen and oxygen atoms in total. The number of piperidine rings is 1. The van der Waals surface area contributed by atoms with Crippen LogP contribution in [0.4, 0.5) is 0 Å². The van der Waals surface area contributed by atoms with Crippen molar-refractivity contribution >= 4 is 40.1 Å². The van der Waals surface area contributed by atoms with Crippen molar-refractivity contribution in [3.63, 3.8) is 0 Å². The molecule has 0 aromatic heterocycles. The molecule has 0 spiro atoms. The monoisotopic (exact) mass is 344 g/mol. The van der Waals surface area contributed by atoms with Gasteiger partial charge in [-0.1, -0.05) is 24.0 Å². The Kier molecular flexibility index (Phi) is 6.46. The molecule has 2 rings (SSSR count). The number of thioether (sulfide) groups is 1. The van der Waals surface area contributed by atoms with Crippen LogP contribution in [0.5, 0.6) is 0 Å². The fourth-order valence-corrected chi connectivity index (χ4v) is 3.86. The third-order valence-electron chi connectivity index (χ3n) is 4.33. The summed E-state index contributed by atoms with van der Waals surface area (Å²) in [5.41, 5.74) is 5.31. The molecule has 0 aromatic carbocycles. The molecule has 2 saturated heterocycles. The van der Waals surface area contributed by atoms with Gasteiger partial charge in [0.15, 0.2) is 0 Å². The fourth-order valence-electron chi connectivity index (χ4n) is 2.71.